The first-order valence-electron chi connectivity index (χ1n) is 13.7. The molecule has 2 fully saturated rings. The van der Waals surface area contributed by atoms with Gasteiger partial charge in [0.2, 0.25) is 0 Å². The van der Waals surface area contributed by atoms with E-state index in [9.17, 15) is 13.8 Å². The fraction of sp³-hybridized carbons (Fsp3) is 0.387. The van der Waals surface area contributed by atoms with Gasteiger partial charge in [-0.2, -0.15) is 0 Å². The molecular weight excluding hydrogens is 524 g/mol. The predicted molar refractivity (Wildman–Crippen MR) is 153 cm³/mol. The number of carboxylic acids is 1. The van der Waals surface area contributed by atoms with E-state index in [2.05, 4.69) is 47.7 Å². The zero-order chi connectivity index (χ0) is 28.4. The lowest BCUT2D eigenvalue weighted by molar-refractivity contribution is 0.0696. The number of pyridine rings is 1. The molecule has 2 aromatic carbocycles. The minimum absolute atomic E-state index is 0.0578. The molecule has 9 heteroatoms. The third-order valence-electron chi connectivity index (χ3n) is 7.80. The minimum atomic E-state index is -1.48. The van der Waals surface area contributed by atoms with Crippen LogP contribution in [0, 0.1) is 0 Å². The van der Waals surface area contributed by atoms with Crippen LogP contribution in [-0.4, -0.2) is 72.2 Å². The van der Waals surface area contributed by atoms with Crippen LogP contribution < -0.4 is 0 Å². The fourth-order valence-corrected chi connectivity index (χ4v) is 6.56. The maximum Gasteiger partial charge on any atom is 0.335 e. The molecule has 2 saturated heterocycles. The molecule has 40 heavy (non-hydrogen) atoms. The molecule has 1 unspecified atom stereocenters. The average molecular weight is 561 g/mol. The number of aromatic carboxylic acids is 1. The molecule has 0 saturated carbocycles. The number of hydrogen-bond acceptors (Lipinski definition) is 5. The molecule has 8 nitrogen and oxygen atoms in total. The van der Waals surface area contributed by atoms with Gasteiger partial charge >= 0.3 is 12.0 Å². The summed E-state index contributed by atoms with van der Waals surface area (Å²) in [6, 6.07) is 20.5. The molecule has 210 valence electrons. The van der Waals surface area contributed by atoms with E-state index in [4.69, 9.17) is 5.11 Å². The Labute approximate surface area is 238 Å². The fourth-order valence-electron chi connectivity index (χ4n) is 5.59. The number of amides is 2. The summed E-state index contributed by atoms with van der Waals surface area (Å²) in [5.41, 5.74) is 2.15. The molecule has 2 amide bonds. The van der Waals surface area contributed by atoms with Crippen molar-refractivity contribution in [2.24, 2.45) is 0 Å². The maximum atomic E-state index is 13.6. The van der Waals surface area contributed by atoms with Crippen LogP contribution in [0.4, 0.5) is 4.79 Å². The van der Waals surface area contributed by atoms with Gasteiger partial charge < -0.3 is 14.9 Å². The Morgan fingerprint density at radius 1 is 1.00 bits per heavy atom. The van der Waals surface area contributed by atoms with Gasteiger partial charge in [-0.15, -0.1) is 0 Å². The maximum absolute atomic E-state index is 13.6. The topological polar surface area (TPSA) is 94.1 Å². The average Bonchev–Trinajstić information content (AvgIpc) is 3.31. The predicted octanol–water partition coefficient (Wildman–Crippen LogP) is 5.19. The Bertz CT molecular complexity index is 1370. The van der Waals surface area contributed by atoms with Gasteiger partial charge in [0.25, 0.3) is 0 Å². The van der Waals surface area contributed by atoms with Crippen molar-refractivity contribution in [2.75, 3.05) is 19.6 Å². The van der Waals surface area contributed by atoms with Crippen molar-refractivity contribution in [3.05, 3.63) is 89.6 Å². The second-order valence-corrected chi connectivity index (χ2v) is 12.9. The highest BCUT2D eigenvalue weighted by Gasteiger charge is 2.46. The number of urea groups is 1. The van der Waals surface area contributed by atoms with Crippen LogP contribution in [0.3, 0.4) is 0 Å². The van der Waals surface area contributed by atoms with Crippen LogP contribution in [-0.2, 0) is 17.3 Å². The number of benzene rings is 2. The van der Waals surface area contributed by atoms with E-state index < -0.39 is 16.8 Å². The molecule has 3 heterocycles. The van der Waals surface area contributed by atoms with Crippen LogP contribution in [0.2, 0.25) is 0 Å². The number of likely N-dealkylation sites (tertiary alicyclic amines) is 1. The Balaban J connectivity index is 1.21. The lowest BCUT2D eigenvalue weighted by atomic mass is 9.98. The second-order valence-electron chi connectivity index (χ2n) is 11.5. The summed E-state index contributed by atoms with van der Waals surface area (Å²) >= 11 is 0. The van der Waals surface area contributed by atoms with Crippen molar-refractivity contribution >= 4 is 22.8 Å². The third-order valence-corrected chi connectivity index (χ3v) is 9.12. The molecule has 2 aliphatic rings. The van der Waals surface area contributed by atoms with Crippen LogP contribution in [0.25, 0.3) is 0 Å². The van der Waals surface area contributed by atoms with Gasteiger partial charge in [0, 0.05) is 48.9 Å². The molecule has 1 aromatic heterocycles. The monoisotopic (exact) mass is 560 g/mol. The van der Waals surface area contributed by atoms with Crippen molar-refractivity contribution < 1.29 is 18.9 Å². The van der Waals surface area contributed by atoms with Gasteiger partial charge in [0.05, 0.1) is 11.6 Å². The standard InChI is InChI=1S/C31H36N4O4S/c1-31(2,3)34-21-27(23-7-5-4-6-8-23)35(30(34)38)25-15-17-33(18-16-25)20-22-9-14-28(32-19-22)40(39)26-12-10-24(11-13-26)29(36)37/h4-14,19,25,27H,15-18,20-21H2,1-3H3,(H,36,37)/t27-,40?/m0/s1. The van der Waals surface area contributed by atoms with Crippen molar-refractivity contribution in [2.45, 2.75) is 67.7 Å². The van der Waals surface area contributed by atoms with Crippen LogP contribution >= 0.6 is 0 Å². The number of hydrogen-bond donors (Lipinski definition) is 1. The number of nitrogens with zero attached hydrogens (tertiary/aromatic N) is 4. The van der Waals surface area contributed by atoms with Gasteiger partial charge in [-0.1, -0.05) is 36.4 Å². The molecule has 5 rings (SSSR count). The van der Waals surface area contributed by atoms with Gasteiger partial charge in [-0.05, 0) is 75.1 Å². The Morgan fingerprint density at radius 2 is 1.68 bits per heavy atom. The van der Waals surface area contributed by atoms with Gasteiger partial charge in [-0.25, -0.2) is 18.8 Å². The third kappa shape index (κ3) is 5.95. The quantitative estimate of drug-likeness (QED) is 0.428. The smallest absolute Gasteiger partial charge is 0.335 e. The van der Waals surface area contributed by atoms with E-state index in [0.717, 1.165) is 38.0 Å². The van der Waals surface area contributed by atoms with Gasteiger partial charge in [-0.3, -0.25) is 4.90 Å². The Kier molecular flexibility index (Phi) is 8.05. The molecule has 0 radical (unpaired) electrons. The largest absolute Gasteiger partial charge is 0.478 e. The van der Waals surface area contributed by atoms with Crippen molar-refractivity contribution in [1.29, 1.82) is 0 Å². The first-order chi connectivity index (χ1) is 19.1. The summed E-state index contributed by atoms with van der Waals surface area (Å²) < 4.78 is 12.9. The first kappa shape index (κ1) is 28.0. The van der Waals surface area contributed by atoms with E-state index in [0.29, 0.717) is 16.5 Å². The molecule has 0 spiro atoms. The molecule has 3 aromatic rings. The van der Waals surface area contributed by atoms with Crippen LogP contribution in [0.5, 0.6) is 0 Å². The molecule has 0 aliphatic carbocycles. The number of carboxylic acid groups (broad SMARTS) is 1. The van der Waals surface area contributed by atoms with E-state index in [1.165, 1.54) is 17.7 Å². The number of aromatic nitrogens is 1. The van der Waals surface area contributed by atoms with E-state index in [-0.39, 0.29) is 29.2 Å². The molecular formula is C31H36N4O4S. The molecule has 1 N–H and O–H groups in total. The zero-order valence-corrected chi connectivity index (χ0v) is 24.0. The van der Waals surface area contributed by atoms with E-state index in [1.54, 1.807) is 24.4 Å². The van der Waals surface area contributed by atoms with Crippen LogP contribution in [0.15, 0.2) is 82.8 Å². The molecule has 2 atom stereocenters. The molecule has 2 aliphatic heterocycles. The first-order valence-corrected chi connectivity index (χ1v) is 14.8. The summed E-state index contributed by atoms with van der Waals surface area (Å²) in [5.74, 6) is -1.02. The zero-order valence-electron chi connectivity index (χ0n) is 23.2. The highest BCUT2D eigenvalue weighted by Crippen LogP contribution is 2.37. The van der Waals surface area contributed by atoms with Gasteiger partial charge in [0.1, 0.15) is 15.8 Å². The summed E-state index contributed by atoms with van der Waals surface area (Å²) in [6.45, 7) is 9.51. The number of rotatable bonds is 7. The van der Waals surface area contributed by atoms with Gasteiger partial charge in [0.15, 0.2) is 0 Å². The number of piperidine rings is 1. The number of carbonyl (C=O) groups excluding carboxylic acids is 1. The minimum Gasteiger partial charge on any atom is -0.478 e. The Hall–Kier alpha value is -3.56. The highest BCUT2D eigenvalue weighted by molar-refractivity contribution is 7.85. The highest BCUT2D eigenvalue weighted by atomic mass is 32.2. The molecule has 0 bridgehead atoms. The summed E-state index contributed by atoms with van der Waals surface area (Å²) in [4.78, 5) is 36.2. The SMILES string of the molecule is CC(C)(C)N1C[C@@H](c2ccccc2)N(C2CCN(Cc3ccc(S(=O)c4ccc(C(=O)O)cc4)nc3)CC2)C1=O. The summed E-state index contributed by atoms with van der Waals surface area (Å²) in [6.07, 6.45) is 3.59. The lowest BCUT2D eigenvalue weighted by Gasteiger charge is -2.39. The van der Waals surface area contributed by atoms with Crippen molar-refractivity contribution in [1.82, 2.24) is 19.7 Å². The number of carbonyl (C=O) groups is 2. The summed E-state index contributed by atoms with van der Waals surface area (Å²) in [7, 11) is -1.48. The van der Waals surface area contributed by atoms with Crippen molar-refractivity contribution in [3.63, 3.8) is 0 Å². The van der Waals surface area contributed by atoms with E-state index in [1.807, 2.05) is 29.2 Å². The van der Waals surface area contributed by atoms with Crippen molar-refractivity contribution in [3.8, 4) is 0 Å². The Morgan fingerprint density at radius 3 is 2.25 bits per heavy atom. The second kappa shape index (κ2) is 11.5. The normalized spacial score (nSPS) is 19.7. The summed E-state index contributed by atoms with van der Waals surface area (Å²) in [5, 5.41) is 9.50. The lowest BCUT2D eigenvalue weighted by Crippen LogP contribution is -2.49. The van der Waals surface area contributed by atoms with Crippen LogP contribution in [0.1, 0.15) is 61.1 Å². The van der Waals surface area contributed by atoms with E-state index >= 15 is 0 Å².